The zero-order valence-electron chi connectivity index (χ0n) is 18.0. The summed E-state index contributed by atoms with van der Waals surface area (Å²) in [6, 6.07) is 6.23. The number of anilines is 1. The summed E-state index contributed by atoms with van der Waals surface area (Å²) in [4.78, 5) is 36.5. The summed E-state index contributed by atoms with van der Waals surface area (Å²) in [7, 11) is 0. The molecule has 1 amide bonds. The van der Waals surface area contributed by atoms with E-state index in [0.717, 1.165) is 6.07 Å². The van der Waals surface area contributed by atoms with Crippen molar-refractivity contribution in [3.05, 3.63) is 74.9 Å². The lowest BCUT2D eigenvalue weighted by Crippen LogP contribution is -2.26. The second-order valence-electron chi connectivity index (χ2n) is 7.60. The van der Waals surface area contributed by atoms with Gasteiger partial charge in [-0.3, -0.25) is 14.4 Å². The predicted octanol–water partition coefficient (Wildman–Crippen LogP) is 5.12. The molecule has 0 aliphatic rings. The van der Waals surface area contributed by atoms with Crippen LogP contribution in [0.4, 0.5) is 23.2 Å². The van der Waals surface area contributed by atoms with Crippen LogP contribution in [0.5, 0.6) is 0 Å². The number of carbonyl (C=O) groups excluding carboxylic acids is 2. The normalized spacial score (nSPS) is 12.4. The monoisotopic (exact) mass is 498 g/mol. The minimum Gasteiger partial charge on any atom is -0.464 e. The summed E-state index contributed by atoms with van der Waals surface area (Å²) in [5.41, 5.74) is -1.67. The molecule has 0 bridgehead atoms. The second-order valence-corrected chi connectivity index (χ2v) is 8.01. The fraction of sp³-hybridized carbons (Fsp3) is 0.261. The molecule has 0 aliphatic heterocycles. The first-order valence-electron chi connectivity index (χ1n) is 10.0. The van der Waals surface area contributed by atoms with Crippen molar-refractivity contribution < 1.29 is 31.9 Å². The maximum atomic E-state index is 13.8. The maximum absolute atomic E-state index is 13.8. The van der Waals surface area contributed by atoms with Gasteiger partial charge in [-0.15, -0.1) is 0 Å². The molecular formula is C23H19ClF4N2O4. The highest BCUT2D eigenvalue weighted by Gasteiger charge is 2.34. The average molecular weight is 499 g/mol. The number of benzene rings is 2. The van der Waals surface area contributed by atoms with Gasteiger partial charge in [0, 0.05) is 23.9 Å². The van der Waals surface area contributed by atoms with E-state index in [-0.39, 0.29) is 28.3 Å². The summed E-state index contributed by atoms with van der Waals surface area (Å²) in [6.45, 7) is 2.94. The van der Waals surface area contributed by atoms with E-state index < -0.39 is 47.5 Å². The number of carbonyl (C=O) groups is 2. The molecule has 1 heterocycles. The second kappa shape index (κ2) is 9.84. The molecule has 0 saturated carbocycles. The van der Waals surface area contributed by atoms with Crippen molar-refractivity contribution in [2.75, 3.05) is 11.9 Å². The van der Waals surface area contributed by atoms with Crippen LogP contribution in [0.1, 0.15) is 31.0 Å². The molecule has 11 heteroatoms. The molecule has 2 aromatic carbocycles. The molecule has 0 fully saturated rings. The number of ether oxygens (including phenoxy) is 1. The van der Waals surface area contributed by atoms with Gasteiger partial charge in [-0.1, -0.05) is 17.7 Å². The van der Waals surface area contributed by atoms with Gasteiger partial charge in [-0.05, 0) is 42.8 Å². The van der Waals surface area contributed by atoms with Crippen LogP contribution in [0.3, 0.4) is 0 Å². The first kappa shape index (κ1) is 25.2. The number of halogens is 5. The standard InChI is InChI=1S/C23H19ClF4N2O4/c1-12(11-34-13(2)31)30-8-7-15-16(22(30)33)4-6-18(24)21(15)29-20(32)10-14-3-5-17(19(25)9-14)23(26,27)28/h3-9,12H,10-11H2,1-2H3,(H,29,32). The number of amides is 1. The molecule has 0 saturated heterocycles. The quantitative estimate of drug-likeness (QED) is 0.378. The molecular weight excluding hydrogens is 480 g/mol. The number of rotatable bonds is 6. The third kappa shape index (κ3) is 5.56. The summed E-state index contributed by atoms with van der Waals surface area (Å²) in [5, 5.41) is 3.25. The van der Waals surface area contributed by atoms with Crippen LogP contribution in [0.2, 0.25) is 5.02 Å². The van der Waals surface area contributed by atoms with Crippen molar-refractivity contribution in [3.8, 4) is 0 Å². The first-order valence-corrected chi connectivity index (χ1v) is 10.4. The predicted molar refractivity (Wildman–Crippen MR) is 118 cm³/mol. The minimum absolute atomic E-state index is 0.0123. The van der Waals surface area contributed by atoms with Crippen LogP contribution in [-0.2, 0) is 26.9 Å². The minimum atomic E-state index is -4.84. The van der Waals surface area contributed by atoms with Crippen LogP contribution < -0.4 is 10.9 Å². The lowest BCUT2D eigenvalue weighted by atomic mass is 10.1. The number of hydrogen-bond acceptors (Lipinski definition) is 4. The smallest absolute Gasteiger partial charge is 0.419 e. The third-order valence-electron chi connectivity index (χ3n) is 5.03. The topological polar surface area (TPSA) is 77.4 Å². The van der Waals surface area contributed by atoms with E-state index in [9.17, 15) is 31.9 Å². The number of nitrogens with one attached hydrogen (secondary N) is 1. The van der Waals surface area contributed by atoms with Crippen molar-refractivity contribution in [2.24, 2.45) is 0 Å². The van der Waals surface area contributed by atoms with E-state index in [2.05, 4.69) is 5.32 Å². The molecule has 3 aromatic rings. The Morgan fingerprint density at radius 3 is 2.47 bits per heavy atom. The number of pyridine rings is 1. The maximum Gasteiger partial charge on any atom is 0.419 e. The molecule has 1 atom stereocenters. The van der Waals surface area contributed by atoms with Crippen molar-refractivity contribution in [3.63, 3.8) is 0 Å². The summed E-state index contributed by atoms with van der Waals surface area (Å²) >= 11 is 6.22. The van der Waals surface area contributed by atoms with Crippen molar-refractivity contribution >= 4 is 39.9 Å². The van der Waals surface area contributed by atoms with Gasteiger partial charge in [0.05, 0.1) is 28.7 Å². The van der Waals surface area contributed by atoms with Crippen molar-refractivity contribution in [1.82, 2.24) is 4.57 Å². The van der Waals surface area contributed by atoms with E-state index >= 15 is 0 Å². The van der Waals surface area contributed by atoms with E-state index in [0.29, 0.717) is 17.5 Å². The first-order chi connectivity index (χ1) is 15.9. The average Bonchev–Trinajstić information content (AvgIpc) is 2.73. The third-order valence-corrected chi connectivity index (χ3v) is 5.35. The molecule has 34 heavy (non-hydrogen) atoms. The van der Waals surface area contributed by atoms with Crippen LogP contribution in [0, 0.1) is 5.82 Å². The molecule has 1 aromatic heterocycles. The number of esters is 1. The van der Waals surface area contributed by atoms with Gasteiger partial charge in [-0.25, -0.2) is 4.39 Å². The Hall–Kier alpha value is -3.40. The fourth-order valence-corrected chi connectivity index (χ4v) is 3.59. The largest absolute Gasteiger partial charge is 0.464 e. The summed E-state index contributed by atoms with van der Waals surface area (Å²) in [6.07, 6.45) is -3.79. The number of fused-ring (bicyclic) bond motifs is 1. The Balaban J connectivity index is 1.87. The van der Waals surface area contributed by atoms with E-state index in [1.54, 1.807) is 13.0 Å². The van der Waals surface area contributed by atoms with Crippen LogP contribution in [0.25, 0.3) is 10.8 Å². The van der Waals surface area contributed by atoms with Gasteiger partial charge in [-0.2, -0.15) is 13.2 Å². The van der Waals surface area contributed by atoms with E-state index in [1.165, 1.54) is 29.8 Å². The Bertz CT molecular complexity index is 1320. The zero-order chi connectivity index (χ0) is 25.2. The van der Waals surface area contributed by atoms with Crippen LogP contribution in [0.15, 0.2) is 47.4 Å². The highest BCUT2D eigenvalue weighted by atomic mass is 35.5. The molecule has 1 N–H and O–H groups in total. The Labute approximate surface area is 196 Å². The zero-order valence-corrected chi connectivity index (χ0v) is 18.8. The molecule has 0 spiro atoms. The lowest BCUT2D eigenvalue weighted by molar-refractivity contribution is -0.142. The van der Waals surface area contributed by atoms with Crippen LogP contribution >= 0.6 is 11.6 Å². The SMILES string of the molecule is CC(=O)OCC(C)n1ccc2c(NC(=O)Cc3ccc(C(F)(F)F)c(F)c3)c(Cl)ccc2c1=O. The number of alkyl halides is 3. The van der Waals surface area contributed by atoms with Gasteiger partial charge in [0.2, 0.25) is 5.91 Å². The summed E-state index contributed by atoms with van der Waals surface area (Å²) < 4.78 is 58.3. The number of nitrogens with zero attached hydrogens (tertiary/aromatic N) is 1. The van der Waals surface area contributed by atoms with Gasteiger partial charge in [0.15, 0.2) is 0 Å². The van der Waals surface area contributed by atoms with Crippen molar-refractivity contribution in [1.29, 1.82) is 0 Å². The molecule has 3 rings (SSSR count). The summed E-state index contributed by atoms with van der Waals surface area (Å²) in [5.74, 6) is -2.63. The molecule has 6 nitrogen and oxygen atoms in total. The molecule has 180 valence electrons. The highest BCUT2D eigenvalue weighted by Crippen LogP contribution is 2.32. The molecule has 1 unspecified atom stereocenters. The number of aromatic nitrogens is 1. The van der Waals surface area contributed by atoms with E-state index in [4.69, 9.17) is 16.3 Å². The Morgan fingerprint density at radius 2 is 1.85 bits per heavy atom. The molecule has 0 aliphatic carbocycles. The fourth-order valence-electron chi connectivity index (χ4n) is 3.37. The van der Waals surface area contributed by atoms with Gasteiger partial charge in [0.25, 0.3) is 5.56 Å². The van der Waals surface area contributed by atoms with Gasteiger partial charge < -0.3 is 14.6 Å². The van der Waals surface area contributed by atoms with Gasteiger partial charge in [0.1, 0.15) is 12.4 Å². The molecule has 0 radical (unpaired) electrons. The number of hydrogen-bond donors (Lipinski definition) is 1. The Kier molecular flexibility index (Phi) is 7.30. The van der Waals surface area contributed by atoms with E-state index in [1.807, 2.05) is 0 Å². The highest BCUT2D eigenvalue weighted by molar-refractivity contribution is 6.35. The van der Waals surface area contributed by atoms with Crippen LogP contribution in [-0.4, -0.2) is 23.1 Å². The van der Waals surface area contributed by atoms with Gasteiger partial charge >= 0.3 is 12.1 Å². The van der Waals surface area contributed by atoms with Crippen molar-refractivity contribution in [2.45, 2.75) is 32.5 Å². The Morgan fingerprint density at radius 1 is 1.15 bits per heavy atom. The lowest BCUT2D eigenvalue weighted by Gasteiger charge is -2.17.